The van der Waals surface area contributed by atoms with Crippen LogP contribution in [0.3, 0.4) is 0 Å². The van der Waals surface area contributed by atoms with Gasteiger partial charge >= 0.3 is 6.09 Å². The molecule has 0 heterocycles. The van der Waals surface area contributed by atoms with Crippen LogP contribution in [0.15, 0.2) is 59.5 Å². The van der Waals surface area contributed by atoms with Crippen LogP contribution in [-0.2, 0) is 14.8 Å². The predicted molar refractivity (Wildman–Crippen MR) is 106 cm³/mol. The maximum absolute atomic E-state index is 12.8. The molecule has 0 saturated heterocycles. The number of hydrogen-bond acceptors (Lipinski definition) is 5. The first-order valence-electron chi connectivity index (χ1n) is 8.69. The minimum Gasteiger partial charge on any atom is -0.450 e. The van der Waals surface area contributed by atoms with Crippen molar-refractivity contribution in [1.29, 1.82) is 0 Å². The Balaban J connectivity index is 2.04. The van der Waals surface area contributed by atoms with Crippen LogP contribution in [0, 0.1) is 0 Å². The summed E-state index contributed by atoms with van der Waals surface area (Å²) in [5, 5.41) is 5.10. The standard InChI is InChI=1S/C19H23N3O5S/c1-3-27-19(24)21-13-12-20-18(23)15-8-7-11-17(14-15)28(25,26)22(2)16-9-5-4-6-10-16/h4-11,14H,3,12-13H2,1-2H3,(H,20,23)(H,21,24). The van der Waals surface area contributed by atoms with Gasteiger partial charge in [0, 0.05) is 25.7 Å². The number of hydrogen-bond donors (Lipinski definition) is 2. The highest BCUT2D eigenvalue weighted by atomic mass is 32.2. The van der Waals surface area contributed by atoms with Gasteiger partial charge in [-0.15, -0.1) is 0 Å². The molecule has 9 heteroatoms. The Hall–Kier alpha value is -3.07. The Kier molecular flexibility index (Phi) is 7.39. The number of nitrogens with one attached hydrogen (secondary N) is 2. The van der Waals surface area contributed by atoms with Crippen molar-refractivity contribution in [2.45, 2.75) is 11.8 Å². The van der Waals surface area contributed by atoms with E-state index in [4.69, 9.17) is 4.74 Å². The van der Waals surface area contributed by atoms with Crippen molar-refractivity contribution < 1.29 is 22.7 Å². The molecule has 2 N–H and O–H groups in total. The molecular weight excluding hydrogens is 382 g/mol. The molecule has 0 atom stereocenters. The molecule has 0 saturated carbocycles. The van der Waals surface area contributed by atoms with Gasteiger partial charge in [0.05, 0.1) is 17.2 Å². The largest absolute Gasteiger partial charge is 0.450 e. The zero-order valence-corrected chi connectivity index (χ0v) is 16.5. The van der Waals surface area contributed by atoms with Gasteiger partial charge in [0.15, 0.2) is 0 Å². The van der Waals surface area contributed by atoms with Gasteiger partial charge in [-0.1, -0.05) is 24.3 Å². The predicted octanol–water partition coefficient (Wildman–Crippen LogP) is 1.99. The average molecular weight is 405 g/mol. The monoisotopic (exact) mass is 405 g/mol. The van der Waals surface area contributed by atoms with Crippen molar-refractivity contribution in [1.82, 2.24) is 10.6 Å². The summed E-state index contributed by atoms with van der Waals surface area (Å²) in [6.45, 7) is 2.33. The van der Waals surface area contributed by atoms with Crippen LogP contribution in [0.4, 0.5) is 10.5 Å². The molecule has 2 rings (SSSR count). The first-order valence-corrected chi connectivity index (χ1v) is 10.1. The summed E-state index contributed by atoms with van der Waals surface area (Å²) < 4.78 is 31.5. The number of carbonyl (C=O) groups is 2. The van der Waals surface area contributed by atoms with E-state index in [0.29, 0.717) is 5.69 Å². The van der Waals surface area contributed by atoms with Crippen molar-refractivity contribution in [3.63, 3.8) is 0 Å². The van der Waals surface area contributed by atoms with E-state index in [1.54, 1.807) is 37.3 Å². The van der Waals surface area contributed by atoms with E-state index < -0.39 is 22.0 Å². The second-order valence-corrected chi connectivity index (χ2v) is 7.71. The molecule has 0 aliphatic carbocycles. The Morgan fingerprint density at radius 3 is 2.36 bits per heavy atom. The van der Waals surface area contributed by atoms with Crippen LogP contribution in [-0.4, -0.2) is 47.2 Å². The summed E-state index contributed by atoms with van der Waals surface area (Å²) in [6.07, 6.45) is -0.561. The van der Waals surface area contributed by atoms with Crippen LogP contribution >= 0.6 is 0 Å². The van der Waals surface area contributed by atoms with Gasteiger partial charge in [-0.2, -0.15) is 0 Å². The molecule has 150 valence electrons. The fourth-order valence-electron chi connectivity index (χ4n) is 2.36. The highest BCUT2D eigenvalue weighted by Crippen LogP contribution is 2.22. The first kappa shape index (κ1) is 21.2. The van der Waals surface area contributed by atoms with E-state index >= 15 is 0 Å². The highest BCUT2D eigenvalue weighted by molar-refractivity contribution is 7.92. The third-order valence-corrected chi connectivity index (χ3v) is 5.61. The lowest BCUT2D eigenvalue weighted by molar-refractivity contribution is 0.0952. The number of ether oxygens (including phenoxy) is 1. The number of alkyl carbamates (subject to hydrolysis) is 1. The molecule has 0 aliphatic heterocycles. The molecule has 28 heavy (non-hydrogen) atoms. The van der Waals surface area contributed by atoms with Crippen molar-refractivity contribution >= 4 is 27.7 Å². The van der Waals surface area contributed by atoms with Gasteiger partial charge in [0.2, 0.25) is 0 Å². The normalized spacial score (nSPS) is 10.8. The average Bonchev–Trinajstić information content (AvgIpc) is 2.71. The Labute approximate surface area is 164 Å². The van der Waals surface area contributed by atoms with Gasteiger partial charge in [-0.3, -0.25) is 9.10 Å². The second-order valence-electron chi connectivity index (χ2n) is 5.74. The SMILES string of the molecule is CCOC(=O)NCCNC(=O)c1cccc(S(=O)(=O)N(C)c2ccccc2)c1. The summed E-state index contributed by atoms with van der Waals surface area (Å²) in [7, 11) is -2.35. The topological polar surface area (TPSA) is 105 Å². The van der Waals surface area contributed by atoms with E-state index in [9.17, 15) is 18.0 Å². The molecule has 0 fully saturated rings. The molecule has 0 aromatic heterocycles. The Morgan fingerprint density at radius 2 is 1.68 bits per heavy atom. The number of carbonyl (C=O) groups excluding carboxylic acids is 2. The van der Waals surface area contributed by atoms with Crippen LogP contribution in [0.1, 0.15) is 17.3 Å². The molecule has 0 radical (unpaired) electrons. The zero-order valence-electron chi connectivity index (χ0n) is 15.7. The van der Waals surface area contributed by atoms with Crippen LogP contribution in [0.2, 0.25) is 0 Å². The lowest BCUT2D eigenvalue weighted by atomic mass is 10.2. The van der Waals surface area contributed by atoms with Crippen molar-refractivity contribution in [3.05, 3.63) is 60.2 Å². The maximum Gasteiger partial charge on any atom is 0.407 e. The summed E-state index contributed by atoms with van der Waals surface area (Å²) in [6, 6.07) is 14.5. The van der Waals surface area contributed by atoms with Crippen LogP contribution in [0.5, 0.6) is 0 Å². The molecule has 0 aliphatic rings. The van der Waals surface area contributed by atoms with E-state index in [0.717, 1.165) is 4.31 Å². The number of rotatable bonds is 8. The summed E-state index contributed by atoms with van der Waals surface area (Å²) >= 11 is 0. The Bertz CT molecular complexity index is 916. The smallest absolute Gasteiger partial charge is 0.407 e. The van der Waals surface area contributed by atoms with Crippen molar-refractivity contribution in [3.8, 4) is 0 Å². The number of sulfonamides is 1. The molecule has 0 spiro atoms. The van der Waals surface area contributed by atoms with Gasteiger partial charge in [-0.05, 0) is 37.3 Å². The summed E-state index contributed by atoms with van der Waals surface area (Å²) in [5.74, 6) is -0.440. The maximum atomic E-state index is 12.8. The molecule has 0 bridgehead atoms. The molecule has 2 aromatic carbocycles. The lowest BCUT2D eigenvalue weighted by Gasteiger charge is -2.19. The van der Waals surface area contributed by atoms with E-state index in [-0.39, 0.29) is 30.2 Å². The number of nitrogens with zero attached hydrogens (tertiary/aromatic N) is 1. The van der Waals surface area contributed by atoms with Crippen LogP contribution in [0.25, 0.3) is 0 Å². The van der Waals surface area contributed by atoms with E-state index in [2.05, 4.69) is 10.6 Å². The van der Waals surface area contributed by atoms with Gasteiger partial charge in [0.1, 0.15) is 0 Å². The lowest BCUT2D eigenvalue weighted by Crippen LogP contribution is -2.35. The quantitative estimate of drug-likeness (QED) is 0.654. The van der Waals surface area contributed by atoms with E-state index in [1.807, 2.05) is 0 Å². The highest BCUT2D eigenvalue weighted by Gasteiger charge is 2.22. The summed E-state index contributed by atoms with van der Waals surface area (Å²) in [4.78, 5) is 23.5. The third-order valence-electron chi connectivity index (χ3n) is 3.83. The van der Waals surface area contributed by atoms with Gasteiger partial charge in [-0.25, -0.2) is 13.2 Å². The minimum absolute atomic E-state index is 0.0103. The summed E-state index contributed by atoms with van der Waals surface area (Å²) in [5.41, 5.74) is 0.723. The third kappa shape index (κ3) is 5.46. The fourth-order valence-corrected chi connectivity index (χ4v) is 3.60. The molecule has 0 unspecified atom stereocenters. The number of para-hydroxylation sites is 1. The van der Waals surface area contributed by atoms with Crippen molar-refractivity contribution in [2.75, 3.05) is 31.0 Å². The zero-order chi connectivity index (χ0) is 20.6. The Morgan fingerprint density at radius 1 is 1.00 bits per heavy atom. The van der Waals surface area contributed by atoms with Gasteiger partial charge < -0.3 is 15.4 Å². The fraction of sp³-hybridized carbons (Fsp3) is 0.263. The molecular formula is C19H23N3O5S. The second kappa shape index (κ2) is 9.75. The van der Waals surface area contributed by atoms with Crippen LogP contribution < -0.4 is 14.9 Å². The number of amides is 2. The molecule has 2 aromatic rings. The number of benzene rings is 2. The van der Waals surface area contributed by atoms with E-state index in [1.165, 1.54) is 31.3 Å². The number of anilines is 1. The van der Waals surface area contributed by atoms with Gasteiger partial charge in [0.25, 0.3) is 15.9 Å². The molecule has 8 nitrogen and oxygen atoms in total. The van der Waals surface area contributed by atoms with Crippen molar-refractivity contribution in [2.24, 2.45) is 0 Å². The minimum atomic E-state index is -3.81. The first-order chi connectivity index (χ1) is 13.4. The molecule has 2 amide bonds.